The summed E-state index contributed by atoms with van der Waals surface area (Å²) < 4.78 is 0.200. The minimum atomic E-state index is -2.77. The second kappa shape index (κ2) is 10.0. The predicted octanol–water partition coefficient (Wildman–Crippen LogP) is 10.6. The summed E-state index contributed by atoms with van der Waals surface area (Å²) in [5.74, 6) is 0. The summed E-state index contributed by atoms with van der Waals surface area (Å²) in [7, 11) is 14.3. The zero-order chi connectivity index (χ0) is 27.7. The molecule has 0 saturated heterocycles. The zero-order valence-electron chi connectivity index (χ0n) is 23.9. The Balaban J connectivity index is 1.48. The summed E-state index contributed by atoms with van der Waals surface area (Å²) >= 11 is -2.77. The molecule has 0 amide bonds. The van der Waals surface area contributed by atoms with E-state index < -0.39 is 19.4 Å². The molecule has 39 heavy (non-hydrogen) atoms. The van der Waals surface area contributed by atoms with E-state index in [1.54, 1.807) is 0 Å². The fraction of sp³-hybridized carbons (Fsp3) is 0.333. The van der Waals surface area contributed by atoms with Crippen LogP contribution < -0.4 is 0 Å². The maximum absolute atomic E-state index is 7.15. The number of hydrogen-bond donors (Lipinski definition) is 0. The van der Waals surface area contributed by atoms with E-state index in [1.807, 2.05) is 0 Å². The van der Waals surface area contributed by atoms with Gasteiger partial charge in [0, 0.05) is 0 Å². The van der Waals surface area contributed by atoms with E-state index >= 15 is 0 Å². The van der Waals surface area contributed by atoms with E-state index in [4.69, 9.17) is 17.0 Å². The monoisotopic (exact) mass is 629 g/mol. The number of benzene rings is 4. The molecule has 0 fully saturated rings. The van der Waals surface area contributed by atoms with Gasteiger partial charge in [-0.05, 0) is 0 Å². The molecular weight excluding hydrogens is 595 g/mol. The molecule has 199 valence electrons. The molecular formula is C36H37Cl2Zr. The van der Waals surface area contributed by atoms with Crippen LogP contribution in [-0.4, -0.2) is 0 Å². The van der Waals surface area contributed by atoms with Crippen LogP contribution in [0.25, 0.3) is 22.3 Å². The van der Waals surface area contributed by atoms with Crippen molar-refractivity contribution in [2.45, 2.75) is 75.3 Å². The number of halogens is 2. The second-order valence-corrected chi connectivity index (χ2v) is 22.5. The Morgan fingerprint density at radius 2 is 1.31 bits per heavy atom. The molecule has 0 N–H and O–H groups in total. The summed E-state index contributed by atoms with van der Waals surface area (Å²) in [6, 6.07) is 27.5. The van der Waals surface area contributed by atoms with Crippen LogP contribution in [0.1, 0.15) is 89.7 Å². The van der Waals surface area contributed by atoms with Crippen molar-refractivity contribution in [3.8, 4) is 22.3 Å². The van der Waals surface area contributed by atoms with Gasteiger partial charge in [-0.15, -0.1) is 0 Å². The average molecular weight is 632 g/mol. The fourth-order valence-corrected chi connectivity index (χ4v) is 11.2. The first-order chi connectivity index (χ1) is 18.4. The summed E-state index contributed by atoms with van der Waals surface area (Å²) in [4.78, 5) is 0. The standard InChI is InChI=1S/C36H37.2ClH.Zr/c1-35(2,3)26-15-17-28-25(20-26)22-33-30(28)18-19-34(36(4,5)6)31(33)16-14-23-11-9-13-29-27-12-8-7-10-24(27)21-32(23)29;;;/h7-13,15-20H,14,21-22H2,1-6H3;2*1H;/q;;;+2/p-2. The van der Waals surface area contributed by atoms with Crippen LogP contribution in [-0.2, 0) is 49.5 Å². The third-order valence-corrected chi connectivity index (χ3v) is 14.4. The van der Waals surface area contributed by atoms with Gasteiger partial charge in [-0.2, -0.15) is 0 Å². The second-order valence-electron chi connectivity index (χ2n) is 13.4. The summed E-state index contributed by atoms with van der Waals surface area (Å²) in [6.07, 6.45) is 2.88. The van der Waals surface area contributed by atoms with E-state index in [2.05, 4.69) is 114 Å². The Morgan fingerprint density at radius 3 is 2.03 bits per heavy atom. The Hall–Kier alpha value is -1.66. The van der Waals surface area contributed by atoms with Crippen LogP contribution in [0.3, 0.4) is 0 Å². The first-order valence-electron chi connectivity index (χ1n) is 14.1. The van der Waals surface area contributed by atoms with Crippen molar-refractivity contribution in [2.24, 2.45) is 0 Å². The quantitative estimate of drug-likeness (QED) is 0.182. The molecule has 1 atom stereocenters. The first kappa shape index (κ1) is 27.5. The van der Waals surface area contributed by atoms with Crippen LogP contribution in [0.2, 0.25) is 0 Å². The number of hydrogen-bond acceptors (Lipinski definition) is 0. The average Bonchev–Trinajstić information content (AvgIpc) is 3.44. The molecule has 4 aromatic rings. The number of rotatable bonds is 4. The fourth-order valence-electron chi connectivity index (χ4n) is 6.74. The van der Waals surface area contributed by atoms with Gasteiger partial charge in [0.05, 0.1) is 0 Å². The van der Waals surface area contributed by atoms with Crippen molar-refractivity contribution in [2.75, 3.05) is 0 Å². The van der Waals surface area contributed by atoms with E-state index in [0.29, 0.717) is 0 Å². The molecule has 0 saturated carbocycles. The van der Waals surface area contributed by atoms with Crippen molar-refractivity contribution in [3.05, 3.63) is 117 Å². The molecule has 1 unspecified atom stereocenters. The van der Waals surface area contributed by atoms with Crippen molar-refractivity contribution in [3.63, 3.8) is 0 Å². The number of fused-ring (bicyclic) bond motifs is 6. The molecule has 0 bridgehead atoms. The van der Waals surface area contributed by atoms with Gasteiger partial charge in [0.1, 0.15) is 0 Å². The topological polar surface area (TPSA) is 0 Å². The molecule has 3 heteroatoms. The van der Waals surface area contributed by atoms with Gasteiger partial charge in [0.25, 0.3) is 0 Å². The Morgan fingerprint density at radius 1 is 0.667 bits per heavy atom. The molecule has 0 spiro atoms. The molecule has 0 radical (unpaired) electrons. The van der Waals surface area contributed by atoms with Crippen molar-refractivity contribution in [1.82, 2.24) is 0 Å². The van der Waals surface area contributed by atoms with Gasteiger partial charge in [0.15, 0.2) is 0 Å². The van der Waals surface area contributed by atoms with Gasteiger partial charge in [-0.1, -0.05) is 0 Å². The first-order valence-corrected chi connectivity index (χ1v) is 21.9. The van der Waals surface area contributed by atoms with Crippen molar-refractivity contribution < 1.29 is 19.4 Å². The predicted molar refractivity (Wildman–Crippen MR) is 165 cm³/mol. The Kier molecular flexibility index (Phi) is 7.06. The van der Waals surface area contributed by atoms with Gasteiger partial charge >= 0.3 is 251 Å². The third kappa shape index (κ3) is 4.92. The SMILES string of the molecule is CC(C)(C)c1ccc2c(c1)Cc1c-2ccc(C(C)(C)C)c1[CH](Cc1cccc2c1Cc1ccccc1-2)[Zr]([Cl])[Cl]. The summed E-state index contributed by atoms with van der Waals surface area (Å²) in [6.45, 7) is 13.9. The minimum absolute atomic E-state index is 0.00914. The maximum atomic E-state index is 7.15. The Bertz CT molecular complexity index is 1580. The van der Waals surface area contributed by atoms with Crippen LogP contribution in [0.15, 0.2) is 72.8 Å². The third-order valence-electron chi connectivity index (χ3n) is 8.78. The van der Waals surface area contributed by atoms with Gasteiger partial charge in [-0.3, -0.25) is 0 Å². The van der Waals surface area contributed by atoms with Crippen molar-refractivity contribution in [1.29, 1.82) is 0 Å². The molecule has 6 rings (SSSR count). The van der Waals surface area contributed by atoms with Crippen molar-refractivity contribution >= 4 is 17.0 Å². The van der Waals surface area contributed by atoms with E-state index in [0.717, 1.165) is 19.3 Å². The normalized spacial score (nSPS) is 14.5. The van der Waals surface area contributed by atoms with Gasteiger partial charge in [-0.25, -0.2) is 0 Å². The molecule has 0 nitrogen and oxygen atoms in total. The molecule has 4 aromatic carbocycles. The molecule has 2 aliphatic rings. The Labute approximate surface area is 249 Å². The van der Waals surface area contributed by atoms with Crippen LogP contribution >= 0.6 is 17.0 Å². The van der Waals surface area contributed by atoms with E-state index in [9.17, 15) is 0 Å². The van der Waals surface area contributed by atoms with Gasteiger partial charge < -0.3 is 0 Å². The zero-order valence-corrected chi connectivity index (χ0v) is 27.9. The molecule has 2 aliphatic carbocycles. The van der Waals surface area contributed by atoms with E-state index in [1.165, 1.54) is 66.8 Å². The van der Waals surface area contributed by atoms with Crippen LogP contribution in [0.4, 0.5) is 0 Å². The van der Waals surface area contributed by atoms with Crippen LogP contribution in [0, 0.1) is 0 Å². The molecule has 0 aromatic heterocycles. The summed E-state index contributed by atoms with van der Waals surface area (Å²) in [5, 5.41) is 0. The summed E-state index contributed by atoms with van der Waals surface area (Å²) in [5.41, 5.74) is 17.1. The van der Waals surface area contributed by atoms with Gasteiger partial charge in [0.2, 0.25) is 0 Å². The molecule has 0 aliphatic heterocycles. The molecule has 0 heterocycles. The van der Waals surface area contributed by atoms with E-state index in [-0.39, 0.29) is 14.5 Å². The van der Waals surface area contributed by atoms with Crippen LogP contribution in [0.5, 0.6) is 0 Å².